The zero-order valence-electron chi connectivity index (χ0n) is 19.1. The predicted octanol–water partition coefficient (Wildman–Crippen LogP) is 3.46. The summed E-state index contributed by atoms with van der Waals surface area (Å²) in [6.07, 6.45) is 6.43. The van der Waals surface area contributed by atoms with Gasteiger partial charge in [-0.2, -0.15) is 19.8 Å². The zero-order chi connectivity index (χ0) is 25.4. The molecule has 3 aromatic rings. The molecule has 0 unspecified atom stereocenters. The van der Waals surface area contributed by atoms with Crippen LogP contribution < -0.4 is 4.80 Å². The van der Waals surface area contributed by atoms with E-state index in [0.29, 0.717) is 4.80 Å². The maximum atomic E-state index is 13.0. The number of sulfonamides is 1. The molecule has 0 aliphatic carbocycles. The second-order valence-corrected chi connectivity index (χ2v) is 10.4. The van der Waals surface area contributed by atoms with Crippen LogP contribution in [0.2, 0.25) is 0 Å². The lowest BCUT2D eigenvalue weighted by atomic mass is 10.2. The molecule has 3 rings (SSSR count). The summed E-state index contributed by atoms with van der Waals surface area (Å²) in [4.78, 5) is 17.6. The first-order valence-electron chi connectivity index (χ1n) is 10.8. The fraction of sp³-hybridized carbons (Fsp3) is 0.280. The van der Waals surface area contributed by atoms with Gasteiger partial charge >= 0.3 is 0 Å². The minimum atomic E-state index is -3.92. The number of hydrogen-bond donors (Lipinski definition) is 0. The molecule has 0 fully saturated rings. The van der Waals surface area contributed by atoms with Crippen molar-refractivity contribution in [2.75, 3.05) is 13.1 Å². The number of rotatable bonds is 9. The molecule has 0 saturated heterocycles. The first-order chi connectivity index (χ1) is 16.8. The van der Waals surface area contributed by atoms with Crippen molar-refractivity contribution in [3.05, 3.63) is 58.4 Å². The lowest BCUT2D eigenvalue weighted by molar-refractivity contribution is 0.0998. The maximum absolute atomic E-state index is 13.0. The summed E-state index contributed by atoms with van der Waals surface area (Å²) in [5, 5.41) is 17.6. The van der Waals surface area contributed by atoms with Crippen molar-refractivity contribution in [2.24, 2.45) is 4.99 Å². The van der Waals surface area contributed by atoms with Gasteiger partial charge in [-0.25, -0.2) is 8.42 Å². The Morgan fingerprint density at radius 2 is 1.77 bits per heavy atom. The first-order valence-corrected chi connectivity index (χ1v) is 13.1. The van der Waals surface area contributed by atoms with Gasteiger partial charge in [-0.05, 0) is 48.4 Å². The monoisotopic (exact) mass is 505 g/mol. The molecule has 0 radical (unpaired) electrons. The number of hydrogen-bond acceptors (Lipinski definition) is 6. The molecule has 0 saturated carbocycles. The van der Waals surface area contributed by atoms with Gasteiger partial charge in [0.2, 0.25) is 10.0 Å². The number of amides is 1. The summed E-state index contributed by atoms with van der Waals surface area (Å²) in [5.41, 5.74) is 2.29. The number of benzene rings is 2. The van der Waals surface area contributed by atoms with Gasteiger partial charge < -0.3 is 4.57 Å². The lowest BCUT2D eigenvalue weighted by Crippen LogP contribution is -2.32. The summed E-state index contributed by atoms with van der Waals surface area (Å²) in [7, 11) is -3.92. The largest absolute Gasteiger partial charge is 0.305 e. The number of carbonyl (C=O) groups is 1. The van der Waals surface area contributed by atoms with E-state index in [1.54, 1.807) is 4.57 Å². The number of nitrogens with zero attached hydrogens (tertiary/aromatic N) is 5. The Hall–Kier alpha value is -3.75. The van der Waals surface area contributed by atoms with Gasteiger partial charge in [-0.1, -0.05) is 30.2 Å². The van der Waals surface area contributed by atoms with E-state index in [0.717, 1.165) is 20.9 Å². The Bertz CT molecular complexity index is 1510. The average molecular weight is 506 g/mol. The van der Waals surface area contributed by atoms with E-state index in [-0.39, 0.29) is 42.9 Å². The third kappa shape index (κ3) is 5.85. The van der Waals surface area contributed by atoms with Crippen LogP contribution in [0.3, 0.4) is 0 Å². The molecule has 0 aliphatic heterocycles. The highest BCUT2D eigenvalue weighted by Gasteiger charge is 2.24. The number of fused-ring (bicyclic) bond motifs is 1. The Balaban J connectivity index is 1.94. The van der Waals surface area contributed by atoms with Crippen LogP contribution in [0.25, 0.3) is 10.2 Å². The van der Waals surface area contributed by atoms with Gasteiger partial charge in [0.15, 0.2) is 4.80 Å². The highest BCUT2D eigenvalue weighted by Crippen LogP contribution is 2.21. The summed E-state index contributed by atoms with van der Waals surface area (Å²) in [6.45, 7) is 2.29. The second kappa shape index (κ2) is 11.6. The molecule has 1 heterocycles. The molecule has 35 heavy (non-hydrogen) atoms. The first kappa shape index (κ1) is 25.9. The van der Waals surface area contributed by atoms with Gasteiger partial charge in [-0.3, -0.25) is 4.79 Å². The minimum absolute atomic E-state index is 0.00663. The third-order valence-electron chi connectivity index (χ3n) is 5.29. The average Bonchev–Trinajstić information content (AvgIpc) is 3.20. The molecule has 0 bridgehead atoms. The van der Waals surface area contributed by atoms with E-state index in [9.17, 15) is 13.2 Å². The Morgan fingerprint density at radius 1 is 1.11 bits per heavy atom. The van der Waals surface area contributed by atoms with Crippen molar-refractivity contribution in [3.63, 3.8) is 0 Å². The summed E-state index contributed by atoms with van der Waals surface area (Å²) in [5.74, 6) is 2.07. The van der Waals surface area contributed by atoms with E-state index < -0.39 is 15.9 Å². The smallest absolute Gasteiger partial charge is 0.279 e. The molecule has 8 nitrogen and oxygen atoms in total. The van der Waals surface area contributed by atoms with Crippen molar-refractivity contribution < 1.29 is 13.2 Å². The quantitative estimate of drug-likeness (QED) is 0.413. The maximum Gasteiger partial charge on any atom is 0.279 e. The Kier molecular flexibility index (Phi) is 8.57. The van der Waals surface area contributed by atoms with Crippen molar-refractivity contribution in [3.8, 4) is 24.5 Å². The van der Waals surface area contributed by atoms with Crippen molar-refractivity contribution >= 4 is 37.5 Å². The lowest BCUT2D eigenvalue weighted by Gasteiger charge is -2.20. The van der Waals surface area contributed by atoms with Gasteiger partial charge in [0.25, 0.3) is 5.91 Å². The van der Waals surface area contributed by atoms with Crippen LogP contribution in [-0.2, 0) is 23.0 Å². The van der Waals surface area contributed by atoms with Crippen molar-refractivity contribution in [1.82, 2.24) is 8.87 Å². The van der Waals surface area contributed by atoms with Gasteiger partial charge in [0.05, 0.1) is 33.8 Å². The number of aryl methyl sites for hydroxylation is 1. The zero-order valence-corrected chi connectivity index (χ0v) is 20.8. The standard InChI is InChI=1S/C25H23N5O3S2/c1-3-15-30-22-12-7-19(4-2)18-23(22)34-25(30)28-24(31)20-8-10-21(11-9-20)35(32,33)29(16-5-13-26)17-6-14-27/h1,7-12,18H,4-6,15-17H2,2H3. The molecule has 2 aromatic carbocycles. The molecule has 1 amide bonds. The molecule has 0 N–H and O–H groups in total. The number of carbonyl (C=O) groups excluding carboxylic acids is 1. The van der Waals surface area contributed by atoms with Crippen LogP contribution in [-0.4, -0.2) is 36.3 Å². The fourth-order valence-corrected chi connectivity index (χ4v) is 5.97. The van der Waals surface area contributed by atoms with E-state index in [1.165, 1.54) is 41.2 Å². The molecular formula is C25H23N5O3S2. The highest BCUT2D eigenvalue weighted by molar-refractivity contribution is 7.89. The number of aromatic nitrogens is 1. The molecule has 1 aromatic heterocycles. The van der Waals surface area contributed by atoms with Crippen LogP contribution in [0.4, 0.5) is 0 Å². The molecule has 178 valence electrons. The predicted molar refractivity (Wildman–Crippen MR) is 134 cm³/mol. The van der Waals surface area contributed by atoms with E-state index in [4.69, 9.17) is 16.9 Å². The highest BCUT2D eigenvalue weighted by atomic mass is 32.2. The SMILES string of the molecule is C#CCn1c(=NC(=O)c2ccc(S(=O)(=O)N(CCC#N)CCC#N)cc2)sc2cc(CC)ccc21. The number of thiazole rings is 1. The number of terminal acetylenes is 1. The van der Waals surface area contributed by atoms with E-state index in [2.05, 4.69) is 23.9 Å². The molecule has 0 spiro atoms. The summed E-state index contributed by atoms with van der Waals surface area (Å²) >= 11 is 1.37. The van der Waals surface area contributed by atoms with E-state index in [1.807, 2.05) is 24.3 Å². The molecule has 10 heteroatoms. The molecular weight excluding hydrogens is 482 g/mol. The number of nitriles is 2. The third-order valence-corrected chi connectivity index (χ3v) is 8.24. The van der Waals surface area contributed by atoms with Gasteiger partial charge in [-0.15, -0.1) is 6.42 Å². The van der Waals surface area contributed by atoms with Crippen LogP contribution in [0, 0.1) is 35.0 Å². The van der Waals surface area contributed by atoms with Crippen LogP contribution >= 0.6 is 11.3 Å². The normalized spacial score (nSPS) is 11.8. The summed E-state index contributed by atoms with van der Waals surface area (Å²) in [6, 6.07) is 15.3. The van der Waals surface area contributed by atoms with Crippen LogP contribution in [0.15, 0.2) is 52.4 Å². The summed E-state index contributed by atoms with van der Waals surface area (Å²) < 4.78 is 29.8. The van der Waals surface area contributed by atoms with E-state index >= 15 is 0 Å². The second-order valence-electron chi connectivity index (χ2n) is 7.49. The molecule has 0 aliphatic rings. The van der Waals surface area contributed by atoms with Gasteiger partial charge in [0, 0.05) is 31.5 Å². The van der Waals surface area contributed by atoms with Crippen LogP contribution in [0.1, 0.15) is 35.7 Å². The van der Waals surface area contributed by atoms with Gasteiger partial charge in [0.1, 0.15) is 0 Å². The van der Waals surface area contributed by atoms with Crippen molar-refractivity contribution in [2.45, 2.75) is 37.6 Å². The topological polar surface area (TPSA) is 119 Å². The minimum Gasteiger partial charge on any atom is -0.305 e. The molecule has 0 atom stereocenters. The Labute approximate surface area is 208 Å². The van der Waals surface area contributed by atoms with Crippen molar-refractivity contribution in [1.29, 1.82) is 10.5 Å². The fourth-order valence-electron chi connectivity index (χ4n) is 3.44. The van der Waals surface area contributed by atoms with Crippen LogP contribution in [0.5, 0.6) is 0 Å². The Morgan fingerprint density at radius 3 is 2.34 bits per heavy atom.